The molecule has 3 nitrogen and oxygen atoms in total. The first-order valence-corrected chi connectivity index (χ1v) is 9.38. The van der Waals surface area contributed by atoms with Gasteiger partial charge in [-0.25, -0.2) is 4.39 Å². The Morgan fingerprint density at radius 1 is 1.00 bits per heavy atom. The lowest BCUT2D eigenvalue weighted by Crippen LogP contribution is -2.38. The number of carbonyl (C=O) groups excluding carboxylic acids is 2. The number of halogens is 2. The van der Waals surface area contributed by atoms with Crippen LogP contribution in [-0.4, -0.2) is 11.7 Å². The molecule has 26 heavy (non-hydrogen) atoms. The van der Waals surface area contributed by atoms with Gasteiger partial charge in [-0.1, -0.05) is 46.3 Å². The molecule has 0 fully saturated rings. The van der Waals surface area contributed by atoms with Gasteiger partial charge < -0.3 is 5.32 Å². The highest BCUT2D eigenvalue weighted by atomic mass is 79.9. The highest BCUT2D eigenvalue weighted by Gasteiger charge is 2.39. The van der Waals surface area contributed by atoms with Crippen LogP contribution < -0.4 is 5.32 Å². The topological polar surface area (TPSA) is 46.2 Å². The van der Waals surface area contributed by atoms with Crippen molar-refractivity contribution >= 4 is 27.6 Å². The van der Waals surface area contributed by atoms with E-state index in [9.17, 15) is 14.0 Å². The highest BCUT2D eigenvalue weighted by Crippen LogP contribution is 2.43. The maximum absolute atomic E-state index is 14.4. The second kappa shape index (κ2) is 6.80. The lowest BCUT2D eigenvalue weighted by atomic mass is 9.73. The summed E-state index contributed by atoms with van der Waals surface area (Å²) in [4.78, 5) is 25.2. The molecule has 5 heteroatoms. The first kappa shape index (κ1) is 17.2. The van der Waals surface area contributed by atoms with Gasteiger partial charge in [-0.15, -0.1) is 0 Å². The Kier molecular flexibility index (Phi) is 4.49. The van der Waals surface area contributed by atoms with Gasteiger partial charge in [0.25, 0.3) is 0 Å². The third kappa shape index (κ3) is 3.12. The fourth-order valence-electron chi connectivity index (χ4n) is 3.97. The summed E-state index contributed by atoms with van der Waals surface area (Å²) in [6.45, 7) is 0. The maximum atomic E-state index is 14.4. The summed E-state index contributed by atoms with van der Waals surface area (Å²) >= 11 is 3.35. The molecule has 0 radical (unpaired) electrons. The van der Waals surface area contributed by atoms with Crippen LogP contribution in [0, 0.1) is 5.82 Å². The van der Waals surface area contributed by atoms with E-state index in [-0.39, 0.29) is 24.0 Å². The summed E-state index contributed by atoms with van der Waals surface area (Å²) in [6, 6.07) is 14.5. The average Bonchev–Trinajstić information content (AvgIpc) is 2.63. The standard InChI is InChI=1S/C21H17BrFNO2/c22-14-6-7-17(23)15(10-14)16-11-20(26)24-18-8-13(9-19(25)21(16)18)12-4-2-1-3-5-12/h1-7,10,13,16H,8-9,11H2,(H,24,26). The minimum Gasteiger partial charge on any atom is -0.329 e. The molecule has 1 N–H and O–H groups in total. The van der Waals surface area contributed by atoms with E-state index in [0.717, 1.165) is 10.0 Å². The van der Waals surface area contributed by atoms with Crippen LogP contribution in [0.25, 0.3) is 0 Å². The van der Waals surface area contributed by atoms with Crippen molar-refractivity contribution in [3.8, 4) is 0 Å². The van der Waals surface area contributed by atoms with Crippen LogP contribution in [0.1, 0.15) is 42.2 Å². The summed E-state index contributed by atoms with van der Waals surface area (Å²) in [5, 5.41) is 2.87. The highest BCUT2D eigenvalue weighted by molar-refractivity contribution is 9.10. The molecule has 2 aromatic rings. The zero-order chi connectivity index (χ0) is 18.3. The van der Waals surface area contributed by atoms with Gasteiger partial charge in [0.05, 0.1) is 0 Å². The molecule has 1 aliphatic carbocycles. The predicted octanol–water partition coefficient (Wildman–Crippen LogP) is 4.59. The van der Waals surface area contributed by atoms with Crippen LogP contribution in [0.5, 0.6) is 0 Å². The molecule has 1 amide bonds. The van der Waals surface area contributed by atoms with Crippen molar-refractivity contribution in [2.75, 3.05) is 0 Å². The molecule has 132 valence electrons. The first-order chi connectivity index (χ1) is 12.5. The summed E-state index contributed by atoms with van der Waals surface area (Å²) in [7, 11) is 0. The van der Waals surface area contributed by atoms with Crippen molar-refractivity contribution in [1.29, 1.82) is 0 Å². The van der Waals surface area contributed by atoms with E-state index in [1.807, 2.05) is 30.3 Å². The van der Waals surface area contributed by atoms with Gasteiger partial charge in [-0.3, -0.25) is 9.59 Å². The molecule has 1 heterocycles. The second-order valence-electron chi connectivity index (χ2n) is 6.80. The van der Waals surface area contributed by atoms with Gasteiger partial charge in [0.1, 0.15) is 5.82 Å². The number of ketones is 1. The minimum absolute atomic E-state index is 0.00974. The SMILES string of the molecule is O=C1CC(c2cc(Br)ccc2F)C2=C(CC(c3ccccc3)CC2=O)N1. The Morgan fingerprint density at radius 3 is 2.54 bits per heavy atom. The quantitative estimate of drug-likeness (QED) is 0.782. The predicted molar refractivity (Wildman–Crippen MR) is 100 cm³/mol. The lowest BCUT2D eigenvalue weighted by Gasteiger charge is -2.34. The van der Waals surface area contributed by atoms with Crippen LogP contribution >= 0.6 is 15.9 Å². The lowest BCUT2D eigenvalue weighted by molar-refractivity contribution is -0.122. The Morgan fingerprint density at radius 2 is 1.77 bits per heavy atom. The van der Waals surface area contributed by atoms with Gasteiger partial charge in [0, 0.05) is 34.5 Å². The summed E-state index contributed by atoms with van der Waals surface area (Å²) in [5.74, 6) is -1.06. The van der Waals surface area contributed by atoms with E-state index in [0.29, 0.717) is 29.7 Å². The first-order valence-electron chi connectivity index (χ1n) is 8.59. The van der Waals surface area contributed by atoms with Gasteiger partial charge in [0.2, 0.25) is 5.91 Å². The molecular formula is C21H17BrFNO2. The van der Waals surface area contributed by atoms with Gasteiger partial charge in [-0.2, -0.15) is 0 Å². The van der Waals surface area contributed by atoms with E-state index in [4.69, 9.17) is 0 Å². The van der Waals surface area contributed by atoms with Gasteiger partial charge in [-0.05, 0) is 41.7 Å². The molecule has 2 atom stereocenters. The smallest absolute Gasteiger partial charge is 0.225 e. The molecule has 2 aromatic carbocycles. The van der Waals surface area contributed by atoms with Crippen molar-refractivity contribution in [1.82, 2.24) is 5.32 Å². The largest absolute Gasteiger partial charge is 0.329 e. The number of allylic oxidation sites excluding steroid dienone is 2. The Bertz CT molecular complexity index is 923. The van der Waals surface area contributed by atoms with Crippen LogP contribution in [-0.2, 0) is 9.59 Å². The number of hydrogen-bond donors (Lipinski definition) is 1. The van der Waals surface area contributed by atoms with Crippen LogP contribution in [0.4, 0.5) is 4.39 Å². The van der Waals surface area contributed by atoms with E-state index in [1.165, 1.54) is 6.07 Å². The van der Waals surface area contributed by atoms with Crippen molar-refractivity contribution < 1.29 is 14.0 Å². The van der Waals surface area contributed by atoms with Crippen LogP contribution in [0.2, 0.25) is 0 Å². The molecule has 0 bridgehead atoms. The molecule has 2 unspecified atom stereocenters. The van der Waals surface area contributed by atoms with Gasteiger partial charge >= 0.3 is 0 Å². The number of hydrogen-bond acceptors (Lipinski definition) is 2. The molecule has 0 aromatic heterocycles. The monoisotopic (exact) mass is 413 g/mol. The van der Waals surface area contributed by atoms with Crippen LogP contribution in [0.15, 0.2) is 64.3 Å². The summed E-state index contributed by atoms with van der Waals surface area (Å²) < 4.78 is 15.2. The van der Waals surface area contributed by atoms with E-state index in [1.54, 1.807) is 12.1 Å². The fourth-order valence-corrected chi connectivity index (χ4v) is 4.35. The Labute approximate surface area is 159 Å². The van der Waals surface area contributed by atoms with Crippen LogP contribution in [0.3, 0.4) is 0 Å². The number of Topliss-reactive ketones (excluding diaryl/α,β-unsaturated/α-hetero) is 1. The second-order valence-corrected chi connectivity index (χ2v) is 7.72. The number of rotatable bonds is 2. The van der Waals surface area contributed by atoms with Crippen molar-refractivity contribution in [2.45, 2.75) is 31.1 Å². The van der Waals surface area contributed by atoms with E-state index < -0.39 is 11.7 Å². The zero-order valence-electron chi connectivity index (χ0n) is 14.0. The number of amides is 1. The zero-order valence-corrected chi connectivity index (χ0v) is 15.6. The summed E-state index contributed by atoms with van der Waals surface area (Å²) in [5.41, 5.74) is 2.69. The van der Waals surface area contributed by atoms with Crippen molar-refractivity contribution in [3.05, 3.63) is 81.2 Å². The van der Waals surface area contributed by atoms with E-state index in [2.05, 4.69) is 21.2 Å². The number of benzene rings is 2. The molecule has 0 spiro atoms. The third-order valence-electron chi connectivity index (χ3n) is 5.14. The Hall–Kier alpha value is -2.27. The average molecular weight is 414 g/mol. The minimum atomic E-state index is -0.527. The van der Waals surface area contributed by atoms with Crippen molar-refractivity contribution in [2.24, 2.45) is 0 Å². The normalized spacial score (nSPS) is 22.8. The third-order valence-corrected chi connectivity index (χ3v) is 5.63. The van der Waals surface area contributed by atoms with E-state index >= 15 is 0 Å². The number of nitrogens with one attached hydrogen (secondary N) is 1. The molecule has 0 saturated heterocycles. The molecule has 1 aliphatic heterocycles. The maximum Gasteiger partial charge on any atom is 0.225 e. The molecule has 2 aliphatic rings. The number of carbonyl (C=O) groups is 2. The summed E-state index contributed by atoms with van der Waals surface area (Å²) in [6.07, 6.45) is 1.06. The molecule has 4 rings (SSSR count). The molecule has 0 saturated carbocycles. The van der Waals surface area contributed by atoms with Crippen molar-refractivity contribution in [3.63, 3.8) is 0 Å². The fraction of sp³-hybridized carbons (Fsp3) is 0.238. The Balaban J connectivity index is 1.76. The molecular weight excluding hydrogens is 397 g/mol. The van der Waals surface area contributed by atoms with Gasteiger partial charge in [0.15, 0.2) is 5.78 Å².